The van der Waals surface area contributed by atoms with Crippen molar-refractivity contribution in [2.75, 3.05) is 5.73 Å². The summed E-state index contributed by atoms with van der Waals surface area (Å²) in [6.45, 7) is 1.96. The maximum Gasteiger partial charge on any atom is 0.124 e. The number of anilines is 1. The Morgan fingerprint density at radius 1 is 1.10 bits per heavy atom. The average Bonchev–Trinajstić information content (AvgIpc) is 2.92. The molecule has 0 aliphatic rings. The molecule has 2 nitrogen and oxygen atoms in total. The van der Waals surface area contributed by atoms with Crippen molar-refractivity contribution in [1.29, 1.82) is 0 Å². The summed E-state index contributed by atoms with van der Waals surface area (Å²) in [7, 11) is 0. The largest absolute Gasteiger partial charge is 0.399 e. The molecule has 0 saturated heterocycles. The summed E-state index contributed by atoms with van der Waals surface area (Å²) < 4.78 is 13.4. The number of rotatable bonds is 2. The van der Waals surface area contributed by atoms with Gasteiger partial charge in [0.15, 0.2) is 0 Å². The van der Waals surface area contributed by atoms with Crippen molar-refractivity contribution in [3.8, 4) is 21.8 Å². The van der Waals surface area contributed by atoms with Crippen LogP contribution in [0.2, 0.25) is 0 Å². The van der Waals surface area contributed by atoms with E-state index in [1.54, 1.807) is 6.07 Å². The van der Waals surface area contributed by atoms with Gasteiger partial charge in [-0.1, -0.05) is 18.2 Å². The van der Waals surface area contributed by atoms with Crippen molar-refractivity contribution >= 4 is 17.0 Å². The standard InChI is InChI=1S/C16H13FN2S/c1-10-2-5-12(17)8-14(10)16-19-15(9-20-16)11-3-6-13(18)7-4-11/h2-9H,18H2,1H3. The van der Waals surface area contributed by atoms with Gasteiger partial charge in [0.2, 0.25) is 0 Å². The van der Waals surface area contributed by atoms with Crippen LogP contribution in [0.4, 0.5) is 10.1 Å². The smallest absolute Gasteiger partial charge is 0.124 e. The maximum absolute atomic E-state index is 13.4. The number of aromatic nitrogens is 1. The fraction of sp³-hybridized carbons (Fsp3) is 0.0625. The Bertz CT molecular complexity index is 747. The third-order valence-corrected chi connectivity index (χ3v) is 4.02. The van der Waals surface area contributed by atoms with Crippen molar-refractivity contribution in [3.63, 3.8) is 0 Å². The minimum absolute atomic E-state index is 0.241. The molecule has 2 N–H and O–H groups in total. The molecule has 1 heterocycles. The third kappa shape index (κ3) is 2.42. The second-order valence-corrected chi connectivity index (χ2v) is 5.48. The second kappa shape index (κ2) is 5.06. The highest BCUT2D eigenvalue weighted by Gasteiger charge is 2.09. The van der Waals surface area contributed by atoms with E-state index in [2.05, 4.69) is 4.98 Å². The average molecular weight is 284 g/mol. The number of aryl methyl sites for hydroxylation is 1. The summed E-state index contributed by atoms with van der Waals surface area (Å²) in [6.07, 6.45) is 0. The molecule has 0 unspecified atom stereocenters. The number of hydrogen-bond acceptors (Lipinski definition) is 3. The Morgan fingerprint density at radius 3 is 2.60 bits per heavy atom. The van der Waals surface area contributed by atoms with Crippen LogP contribution < -0.4 is 5.73 Å². The zero-order valence-electron chi connectivity index (χ0n) is 10.9. The first-order chi connectivity index (χ1) is 9.63. The highest BCUT2D eigenvalue weighted by molar-refractivity contribution is 7.13. The first-order valence-electron chi connectivity index (χ1n) is 6.21. The first-order valence-corrected chi connectivity index (χ1v) is 7.09. The van der Waals surface area contributed by atoms with E-state index in [1.807, 2.05) is 36.6 Å². The first kappa shape index (κ1) is 12.8. The molecule has 100 valence electrons. The topological polar surface area (TPSA) is 38.9 Å². The lowest BCUT2D eigenvalue weighted by Gasteiger charge is -2.02. The Labute approximate surface area is 120 Å². The molecule has 1 aromatic heterocycles. The van der Waals surface area contributed by atoms with E-state index >= 15 is 0 Å². The van der Waals surface area contributed by atoms with Crippen LogP contribution in [0.15, 0.2) is 47.8 Å². The minimum Gasteiger partial charge on any atom is -0.399 e. The zero-order chi connectivity index (χ0) is 14.1. The predicted octanol–water partition coefficient (Wildman–Crippen LogP) is 4.51. The summed E-state index contributed by atoms with van der Waals surface area (Å²) in [6, 6.07) is 12.3. The Hall–Kier alpha value is -2.20. The Morgan fingerprint density at radius 2 is 1.85 bits per heavy atom. The molecule has 3 aromatic rings. The molecule has 0 radical (unpaired) electrons. The summed E-state index contributed by atoms with van der Waals surface area (Å²) in [5.41, 5.74) is 10.2. The molecule has 0 aliphatic heterocycles. The molecule has 0 aliphatic carbocycles. The van der Waals surface area contributed by atoms with Crippen molar-refractivity contribution in [2.45, 2.75) is 6.92 Å². The van der Waals surface area contributed by atoms with E-state index in [-0.39, 0.29) is 5.82 Å². The van der Waals surface area contributed by atoms with Crippen LogP contribution in [0.3, 0.4) is 0 Å². The van der Waals surface area contributed by atoms with Gasteiger partial charge < -0.3 is 5.73 Å². The Balaban J connectivity index is 2.01. The van der Waals surface area contributed by atoms with Crippen molar-refractivity contribution in [3.05, 3.63) is 59.2 Å². The summed E-state index contributed by atoms with van der Waals surface area (Å²) in [5.74, 6) is -0.241. The minimum atomic E-state index is -0.241. The molecule has 3 rings (SSSR count). The van der Waals surface area contributed by atoms with E-state index in [9.17, 15) is 4.39 Å². The highest BCUT2D eigenvalue weighted by atomic mass is 32.1. The molecular formula is C16H13FN2S. The number of thiazole rings is 1. The molecule has 0 fully saturated rings. The number of hydrogen-bond donors (Lipinski definition) is 1. The highest BCUT2D eigenvalue weighted by Crippen LogP contribution is 2.31. The van der Waals surface area contributed by atoms with Crippen LogP contribution in [0.25, 0.3) is 21.8 Å². The van der Waals surface area contributed by atoms with Crippen LogP contribution in [0, 0.1) is 12.7 Å². The molecule has 0 spiro atoms. The molecule has 0 atom stereocenters. The predicted molar refractivity (Wildman–Crippen MR) is 82.1 cm³/mol. The van der Waals surface area contributed by atoms with E-state index in [0.29, 0.717) is 0 Å². The fourth-order valence-electron chi connectivity index (χ4n) is 2.01. The SMILES string of the molecule is Cc1ccc(F)cc1-c1nc(-c2ccc(N)cc2)cs1. The molecule has 0 amide bonds. The van der Waals surface area contributed by atoms with Gasteiger partial charge in [-0.25, -0.2) is 9.37 Å². The van der Waals surface area contributed by atoms with E-state index in [0.717, 1.165) is 33.1 Å². The van der Waals surface area contributed by atoms with Gasteiger partial charge in [0.05, 0.1) is 5.69 Å². The van der Waals surface area contributed by atoms with Gasteiger partial charge in [0.1, 0.15) is 10.8 Å². The zero-order valence-corrected chi connectivity index (χ0v) is 11.7. The summed E-state index contributed by atoms with van der Waals surface area (Å²) in [5, 5.41) is 2.80. The molecule has 4 heteroatoms. The normalized spacial score (nSPS) is 10.7. The number of nitrogens with two attached hydrogens (primary N) is 1. The maximum atomic E-state index is 13.4. The summed E-state index contributed by atoms with van der Waals surface area (Å²) in [4.78, 5) is 4.59. The van der Waals surface area contributed by atoms with Gasteiger partial charge in [-0.05, 0) is 36.8 Å². The van der Waals surface area contributed by atoms with Gasteiger partial charge in [0.25, 0.3) is 0 Å². The van der Waals surface area contributed by atoms with Gasteiger partial charge in [-0.2, -0.15) is 0 Å². The molecule has 20 heavy (non-hydrogen) atoms. The fourth-order valence-corrected chi connectivity index (χ4v) is 2.92. The monoisotopic (exact) mass is 284 g/mol. The number of benzene rings is 2. The van der Waals surface area contributed by atoms with Gasteiger partial charge in [-0.15, -0.1) is 11.3 Å². The van der Waals surface area contributed by atoms with Crippen molar-refractivity contribution in [2.24, 2.45) is 0 Å². The van der Waals surface area contributed by atoms with E-state index < -0.39 is 0 Å². The van der Waals surface area contributed by atoms with Crippen molar-refractivity contribution in [1.82, 2.24) is 4.98 Å². The lowest BCUT2D eigenvalue weighted by atomic mass is 10.1. The number of nitrogens with zero attached hydrogens (tertiary/aromatic N) is 1. The third-order valence-electron chi connectivity index (χ3n) is 3.14. The number of nitrogen functional groups attached to an aromatic ring is 1. The molecule has 0 bridgehead atoms. The summed E-state index contributed by atoms with van der Waals surface area (Å²) >= 11 is 1.52. The van der Waals surface area contributed by atoms with E-state index in [1.165, 1.54) is 23.5 Å². The molecule has 2 aromatic carbocycles. The van der Waals surface area contributed by atoms with Crippen LogP contribution in [0.5, 0.6) is 0 Å². The Kier molecular flexibility index (Phi) is 3.24. The quantitative estimate of drug-likeness (QED) is 0.703. The number of halogens is 1. The van der Waals surface area contributed by atoms with Gasteiger partial charge in [0, 0.05) is 22.2 Å². The second-order valence-electron chi connectivity index (χ2n) is 4.62. The lowest BCUT2D eigenvalue weighted by Crippen LogP contribution is -1.86. The van der Waals surface area contributed by atoms with E-state index in [4.69, 9.17) is 5.73 Å². The molecular weight excluding hydrogens is 271 g/mol. The van der Waals surface area contributed by atoms with Crippen LogP contribution in [0.1, 0.15) is 5.56 Å². The van der Waals surface area contributed by atoms with Crippen LogP contribution in [-0.2, 0) is 0 Å². The van der Waals surface area contributed by atoms with Crippen LogP contribution >= 0.6 is 11.3 Å². The van der Waals surface area contributed by atoms with Crippen molar-refractivity contribution < 1.29 is 4.39 Å². The molecule has 0 saturated carbocycles. The van der Waals surface area contributed by atoms with Gasteiger partial charge in [-0.3, -0.25) is 0 Å². The van der Waals surface area contributed by atoms with Gasteiger partial charge >= 0.3 is 0 Å². The van der Waals surface area contributed by atoms with Crippen LogP contribution in [-0.4, -0.2) is 4.98 Å². The lowest BCUT2D eigenvalue weighted by molar-refractivity contribution is 0.628.